The minimum atomic E-state index is -0.929. The number of carbonyl (C=O) groups is 1. The van der Waals surface area contributed by atoms with Crippen LogP contribution in [0.5, 0.6) is 0 Å². The van der Waals surface area contributed by atoms with E-state index in [2.05, 4.69) is 4.98 Å². The van der Waals surface area contributed by atoms with Gasteiger partial charge in [-0.15, -0.1) is 0 Å². The zero-order chi connectivity index (χ0) is 13.0. The molecule has 18 heavy (non-hydrogen) atoms. The molecule has 1 atom stereocenters. The molecule has 1 aliphatic heterocycles. The Labute approximate surface area is 108 Å². The number of ether oxygens (including phenoxy) is 1. The van der Waals surface area contributed by atoms with Crippen LogP contribution in [0.1, 0.15) is 12.8 Å². The molecular weight excluding hydrogens is 256 g/mol. The lowest BCUT2D eigenvalue weighted by molar-refractivity contribution is -0.133. The molecule has 1 saturated heterocycles. The molecule has 1 unspecified atom stereocenters. The Morgan fingerprint density at radius 3 is 3.17 bits per heavy atom. The van der Waals surface area contributed by atoms with Crippen LogP contribution in [0.3, 0.4) is 0 Å². The van der Waals surface area contributed by atoms with Gasteiger partial charge in [0.15, 0.2) is 5.16 Å². The summed E-state index contributed by atoms with van der Waals surface area (Å²) in [6, 6.07) is 1.37. The Morgan fingerprint density at radius 1 is 1.67 bits per heavy atom. The average molecular weight is 270 g/mol. The van der Waals surface area contributed by atoms with Gasteiger partial charge in [0.1, 0.15) is 0 Å². The summed E-state index contributed by atoms with van der Waals surface area (Å²) < 4.78 is 7.30. The molecule has 0 aromatic carbocycles. The van der Waals surface area contributed by atoms with E-state index in [0.717, 1.165) is 31.2 Å². The molecule has 2 rings (SSSR count). The van der Waals surface area contributed by atoms with Crippen LogP contribution in [0.15, 0.2) is 22.2 Å². The van der Waals surface area contributed by atoms with Crippen molar-refractivity contribution >= 4 is 17.7 Å². The standard InChI is InChI=1S/C11H14N2O4S/c14-9-3-4-13(6-8-2-1-5-17-8)11(12-9)18-7-10(15)16/h3-4,8H,1-2,5-7H2,(H,15,16). The summed E-state index contributed by atoms with van der Waals surface area (Å²) in [6.07, 6.45) is 3.78. The normalized spacial score (nSPS) is 19.0. The van der Waals surface area contributed by atoms with Gasteiger partial charge in [0.2, 0.25) is 0 Å². The molecule has 0 bridgehead atoms. The van der Waals surface area contributed by atoms with Gasteiger partial charge in [-0.3, -0.25) is 9.59 Å². The van der Waals surface area contributed by atoms with Gasteiger partial charge in [0, 0.05) is 18.9 Å². The first-order valence-corrected chi connectivity index (χ1v) is 6.67. The van der Waals surface area contributed by atoms with E-state index < -0.39 is 5.97 Å². The molecule has 0 spiro atoms. The van der Waals surface area contributed by atoms with Crippen molar-refractivity contribution in [2.24, 2.45) is 0 Å². The quantitative estimate of drug-likeness (QED) is 0.623. The summed E-state index contributed by atoms with van der Waals surface area (Å²) in [5, 5.41) is 9.09. The summed E-state index contributed by atoms with van der Waals surface area (Å²) in [6.45, 7) is 1.37. The first kappa shape index (κ1) is 13.1. The van der Waals surface area contributed by atoms with Crippen molar-refractivity contribution in [3.63, 3.8) is 0 Å². The van der Waals surface area contributed by atoms with Gasteiger partial charge in [0.05, 0.1) is 18.4 Å². The summed E-state index contributed by atoms with van der Waals surface area (Å²) in [4.78, 5) is 25.6. The fraction of sp³-hybridized carbons (Fsp3) is 0.545. The fourth-order valence-electron chi connectivity index (χ4n) is 1.80. The molecule has 7 heteroatoms. The number of nitrogens with zero attached hydrogens (tertiary/aromatic N) is 2. The second-order valence-corrected chi connectivity index (χ2v) is 4.96. The van der Waals surface area contributed by atoms with Gasteiger partial charge in [-0.1, -0.05) is 11.8 Å². The van der Waals surface area contributed by atoms with Crippen LogP contribution in [0.25, 0.3) is 0 Å². The van der Waals surface area contributed by atoms with Crippen molar-refractivity contribution in [1.29, 1.82) is 0 Å². The van der Waals surface area contributed by atoms with E-state index in [1.54, 1.807) is 10.8 Å². The summed E-state index contributed by atoms with van der Waals surface area (Å²) in [5.41, 5.74) is -0.355. The second kappa shape index (κ2) is 6.01. The van der Waals surface area contributed by atoms with Crippen molar-refractivity contribution in [3.05, 3.63) is 22.6 Å². The lowest BCUT2D eigenvalue weighted by atomic mass is 10.2. The van der Waals surface area contributed by atoms with Gasteiger partial charge in [0.25, 0.3) is 5.56 Å². The number of aliphatic carboxylic acids is 1. The Kier molecular flexibility index (Phi) is 4.38. The molecule has 1 aromatic heterocycles. The SMILES string of the molecule is O=C(O)CSc1nc(=O)ccn1CC1CCCO1. The maximum Gasteiger partial charge on any atom is 0.313 e. The molecule has 1 aromatic rings. The molecule has 0 radical (unpaired) electrons. The smallest absolute Gasteiger partial charge is 0.313 e. The number of hydrogen-bond donors (Lipinski definition) is 1. The van der Waals surface area contributed by atoms with Crippen LogP contribution >= 0.6 is 11.8 Å². The van der Waals surface area contributed by atoms with Crippen LogP contribution in [0.4, 0.5) is 0 Å². The Balaban J connectivity index is 2.11. The van der Waals surface area contributed by atoms with Crippen molar-refractivity contribution in [1.82, 2.24) is 9.55 Å². The van der Waals surface area contributed by atoms with Crippen LogP contribution in [-0.2, 0) is 16.1 Å². The predicted molar refractivity (Wildman–Crippen MR) is 65.8 cm³/mol. The van der Waals surface area contributed by atoms with Gasteiger partial charge in [-0.25, -0.2) is 0 Å². The number of hydrogen-bond acceptors (Lipinski definition) is 5. The maximum absolute atomic E-state index is 11.2. The molecule has 1 fully saturated rings. The van der Waals surface area contributed by atoms with Crippen molar-refractivity contribution in [3.8, 4) is 0 Å². The maximum atomic E-state index is 11.2. The Bertz CT molecular complexity index is 482. The topological polar surface area (TPSA) is 81.4 Å². The molecule has 0 saturated carbocycles. The van der Waals surface area contributed by atoms with Gasteiger partial charge >= 0.3 is 5.97 Å². The summed E-state index contributed by atoms with van der Waals surface area (Å²) in [7, 11) is 0. The third-order valence-corrected chi connectivity index (χ3v) is 3.57. The molecule has 6 nitrogen and oxygen atoms in total. The number of carboxylic acids is 1. The van der Waals surface area contributed by atoms with E-state index in [1.165, 1.54) is 6.07 Å². The van der Waals surface area contributed by atoms with Crippen molar-refractivity contribution < 1.29 is 14.6 Å². The molecule has 1 N–H and O–H groups in total. The molecule has 98 valence electrons. The molecular formula is C11H14N2O4S. The largest absolute Gasteiger partial charge is 0.481 e. The van der Waals surface area contributed by atoms with Gasteiger partial charge in [-0.2, -0.15) is 4.98 Å². The average Bonchev–Trinajstić information content (AvgIpc) is 2.82. The van der Waals surface area contributed by atoms with Crippen LogP contribution < -0.4 is 5.56 Å². The van der Waals surface area contributed by atoms with E-state index in [-0.39, 0.29) is 17.4 Å². The van der Waals surface area contributed by atoms with E-state index in [1.807, 2.05) is 0 Å². The molecule has 1 aliphatic rings. The van der Waals surface area contributed by atoms with Crippen molar-refractivity contribution in [2.75, 3.05) is 12.4 Å². The number of aromatic nitrogens is 2. The monoisotopic (exact) mass is 270 g/mol. The third kappa shape index (κ3) is 3.58. The van der Waals surface area contributed by atoms with Crippen LogP contribution in [0.2, 0.25) is 0 Å². The Hall–Kier alpha value is -1.34. The highest BCUT2D eigenvalue weighted by atomic mass is 32.2. The second-order valence-electron chi connectivity index (χ2n) is 4.02. The zero-order valence-corrected chi connectivity index (χ0v) is 10.6. The minimum absolute atomic E-state index is 0.109. The highest BCUT2D eigenvalue weighted by Crippen LogP contribution is 2.18. The van der Waals surface area contributed by atoms with E-state index in [9.17, 15) is 9.59 Å². The van der Waals surface area contributed by atoms with E-state index in [4.69, 9.17) is 9.84 Å². The van der Waals surface area contributed by atoms with E-state index >= 15 is 0 Å². The highest BCUT2D eigenvalue weighted by molar-refractivity contribution is 7.99. The Morgan fingerprint density at radius 2 is 2.50 bits per heavy atom. The van der Waals surface area contributed by atoms with Gasteiger partial charge < -0.3 is 14.4 Å². The number of thioether (sulfide) groups is 1. The fourth-order valence-corrected chi connectivity index (χ4v) is 2.51. The zero-order valence-electron chi connectivity index (χ0n) is 9.74. The van der Waals surface area contributed by atoms with Crippen LogP contribution in [-0.4, -0.2) is 39.1 Å². The third-order valence-electron chi connectivity index (χ3n) is 2.60. The predicted octanol–water partition coefficient (Wildman–Crippen LogP) is 0.599. The lowest BCUT2D eigenvalue weighted by Crippen LogP contribution is -2.20. The molecule has 0 aliphatic carbocycles. The highest BCUT2D eigenvalue weighted by Gasteiger charge is 2.17. The van der Waals surface area contributed by atoms with Crippen molar-refractivity contribution in [2.45, 2.75) is 30.6 Å². The summed E-state index contributed by atoms with van der Waals surface area (Å²) in [5.74, 6) is -1.04. The minimum Gasteiger partial charge on any atom is -0.481 e. The lowest BCUT2D eigenvalue weighted by Gasteiger charge is -2.14. The molecule has 0 amide bonds. The van der Waals surface area contributed by atoms with Gasteiger partial charge in [-0.05, 0) is 12.8 Å². The number of carboxylic acid groups (broad SMARTS) is 1. The first-order valence-electron chi connectivity index (χ1n) is 5.69. The van der Waals surface area contributed by atoms with E-state index in [0.29, 0.717) is 11.7 Å². The first-order chi connectivity index (χ1) is 8.65. The summed E-state index contributed by atoms with van der Waals surface area (Å²) >= 11 is 1.05. The molecule has 2 heterocycles. The van der Waals surface area contributed by atoms with Crippen LogP contribution in [0, 0.1) is 0 Å². The number of rotatable bonds is 5.